The summed E-state index contributed by atoms with van der Waals surface area (Å²) in [6, 6.07) is 0. The van der Waals surface area contributed by atoms with Crippen molar-refractivity contribution in [1.82, 2.24) is 4.90 Å². The number of hydrogen-bond acceptors (Lipinski definition) is 3. The number of hydrogen-bond donors (Lipinski definition) is 1. The van der Waals surface area contributed by atoms with E-state index in [1.165, 1.54) is 4.90 Å². The predicted molar refractivity (Wildman–Crippen MR) is 69.5 cm³/mol. The second-order valence-electron chi connectivity index (χ2n) is 6.19. The number of amides is 1. The molecule has 0 aromatic rings. The minimum Gasteiger partial charge on any atom is -0.481 e. The van der Waals surface area contributed by atoms with Gasteiger partial charge >= 0.3 is 12.1 Å². The van der Waals surface area contributed by atoms with Crippen LogP contribution in [0.25, 0.3) is 0 Å². The molecule has 0 bridgehead atoms. The SMILES string of the molecule is CN(CCCC(C)(C)C(=O)O)C(=O)OC(C)(C)C. The van der Waals surface area contributed by atoms with Crippen molar-refractivity contribution in [3.05, 3.63) is 0 Å². The topological polar surface area (TPSA) is 66.8 Å². The van der Waals surface area contributed by atoms with Gasteiger partial charge in [0.05, 0.1) is 5.41 Å². The minimum atomic E-state index is -0.817. The van der Waals surface area contributed by atoms with Crippen molar-refractivity contribution < 1.29 is 19.4 Å². The third-order valence-electron chi connectivity index (χ3n) is 2.58. The lowest BCUT2D eigenvalue weighted by Gasteiger charge is -2.25. The molecule has 5 nitrogen and oxygen atoms in total. The van der Waals surface area contributed by atoms with Crippen LogP contribution in [0.15, 0.2) is 0 Å². The summed E-state index contributed by atoms with van der Waals surface area (Å²) in [6.45, 7) is 9.29. The van der Waals surface area contributed by atoms with Crippen LogP contribution in [-0.4, -0.2) is 41.3 Å². The van der Waals surface area contributed by atoms with E-state index in [9.17, 15) is 9.59 Å². The summed E-state index contributed by atoms with van der Waals surface area (Å²) in [4.78, 5) is 24.0. The normalized spacial score (nSPS) is 12.1. The Balaban J connectivity index is 4.09. The van der Waals surface area contributed by atoms with Gasteiger partial charge in [0.2, 0.25) is 0 Å². The van der Waals surface area contributed by atoms with Crippen molar-refractivity contribution in [2.75, 3.05) is 13.6 Å². The smallest absolute Gasteiger partial charge is 0.410 e. The van der Waals surface area contributed by atoms with E-state index < -0.39 is 17.0 Å². The number of rotatable bonds is 5. The van der Waals surface area contributed by atoms with Crippen molar-refractivity contribution in [2.24, 2.45) is 5.41 Å². The van der Waals surface area contributed by atoms with Gasteiger partial charge in [-0.1, -0.05) is 0 Å². The number of aliphatic carboxylic acids is 1. The Morgan fingerprint density at radius 1 is 1.17 bits per heavy atom. The average Bonchev–Trinajstić information content (AvgIpc) is 2.14. The summed E-state index contributed by atoms with van der Waals surface area (Å²) in [5, 5.41) is 8.96. The standard InChI is InChI=1S/C13H25NO4/c1-12(2,3)18-11(17)14(6)9-7-8-13(4,5)10(15)16/h7-9H2,1-6H3,(H,15,16). The van der Waals surface area contributed by atoms with Crippen molar-refractivity contribution in [3.8, 4) is 0 Å². The van der Waals surface area contributed by atoms with Gasteiger partial charge in [-0.05, 0) is 47.5 Å². The van der Waals surface area contributed by atoms with Crippen LogP contribution < -0.4 is 0 Å². The number of carboxylic acid groups (broad SMARTS) is 1. The third-order valence-corrected chi connectivity index (χ3v) is 2.58. The van der Waals surface area contributed by atoms with Gasteiger partial charge < -0.3 is 14.7 Å². The zero-order valence-corrected chi connectivity index (χ0v) is 12.2. The number of nitrogens with zero attached hydrogens (tertiary/aromatic N) is 1. The van der Waals surface area contributed by atoms with Gasteiger partial charge in [-0.15, -0.1) is 0 Å². The van der Waals surface area contributed by atoms with E-state index in [1.54, 1.807) is 20.9 Å². The van der Waals surface area contributed by atoms with Gasteiger partial charge in [0, 0.05) is 13.6 Å². The molecule has 0 atom stereocenters. The molecule has 0 aliphatic rings. The second-order valence-corrected chi connectivity index (χ2v) is 6.19. The van der Waals surface area contributed by atoms with Gasteiger partial charge in [0.25, 0.3) is 0 Å². The Hall–Kier alpha value is -1.26. The first-order valence-corrected chi connectivity index (χ1v) is 6.13. The van der Waals surface area contributed by atoms with Crippen LogP contribution >= 0.6 is 0 Å². The molecule has 0 aliphatic carbocycles. The summed E-state index contributed by atoms with van der Waals surface area (Å²) in [7, 11) is 1.65. The van der Waals surface area contributed by atoms with Gasteiger partial charge in [0.1, 0.15) is 5.60 Å². The quantitative estimate of drug-likeness (QED) is 0.824. The molecule has 0 unspecified atom stereocenters. The summed E-state index contributed by atoms with van der Waals surface area (Å²) in [5.41, 5.74) is -1.26. The number of carboxylic acids is 1. The molecule has 0 fully saturated rings. The lowest BCUT2D eigenvalue weighted by atomic mass is 9.88. The van der Waals surface area contributed by atoms with Crippen molar-refractivity contribution in [2.45, 2.75) is 53.1 Å². The van der Waals surface area contributed by atoms with E-state index in [0.29, 0.717) is 19.4 Å². The van der Waals surface area contributed by atoms with Gasteiger partial charge in [-0.2, -0.15) is 0 Å². The van der Waals surface area contributed by atoms with Crippen LogP contribution in [0, 0.1) is 5.41 Å². The summed E-state index contributed by atoms with van der Waals surface area (Å²) < 4.78 is 5.20. The first-order valence-electron chi connectivity index (χ1n) is 6.13. The number of carbonyl (C=O) groups excluding carboxylic acids is 1. The Labute approximate surface area is 109 Å². The summed E-state index contributed by atoms with van der Waals surface area (Å²) in [5.74, 6) is -0.817. The maximum atomic E-state index is 11.6. The van der Waals surface area contributed by atoms with Crippen LogP contribution in [0.4, 0.5) is 4.79 Å². The van der Waals surface area contributed by atoms with Crippen molar-refractivity contribution in [3.63, 3.8) is 0 Å². The van der Waals surface area contributed by atoms with Crippen LogP contribution in [0.1, 0.15) is 47.5 Å². The molecule has 0 aliphatic heterocycles. The largest absolute Gasteiger partial charge is 0.481 e. The zero-order valence-electron chi connectivity index (χ0n) is 12.2. The highest BCUT2D eigenvalue weighted by atomic mass is 16.6. The summed E-state index contributed by atoms with van der Waals surface area (Å²) >= 11 is 0. The molecular formula is C13H25NO4. The van der Waals surface area contributed by atoms with E-state index in [1.807, 2.05) is 20.8 Å². The van der Waals surface area contributed by atoms with E-state index in [2.05, 4.69) is 0 Å². The molecule has 0 radical (unpaired) electrons. The van der Waals surface area contributed by atoms with E-state index in [0.717, 1.165) is 0 Å². The molecule has 0 heterocycles. The van der Waals surface area contributed by atoms with E-state index in [4.69, 9.17) is 9.84 Å². The Morgan fingerprint density at radius 2 is 1.67 bits per heavy atom. The van der Waals surface area contributed by atoms with E-state index in [-0.39, 0.29) is 6.09 Å². The Morgan fingerprint density at radius 3 is 2.06 bits per heavy atom. The van der Waals surface area contributed by atoms with Crippen LogP contribution in [0.3, 0.4) is 0 Å². The molecular weight excluding hydrogens is 234 g/mol. The maximum Gasteiger partial charge on any atom is 0.410 e. The lowest BCUT2D eigenvalue weighted by Crippen LogP contribution is -2.35. The average molecular weight is 259 g/mol. The second kappa shape index (κ2) is 6.07. The van der Waals surface area contributed by atoms with Crippen molar-refractivity contribution >= 4 is 12.1 Å². The minimum absolute atomic E-state index is 0.379. The highest BCUT2D eigenvalue weighted by Gasteiger charge is 2.27. The fraction of sp³-hybridized carbons (Fsp3) is 0.846. The van der Waals surface area contributed by atoms with Crippen molar-refractivity contribution in [1.29, 1.82) is 0 Å². The predicted octanol–water partition coefficient (Wildman–Crippen LogP) is 2.74. The monoisotopic (exact) mass is 259 g/mol. The number of ether oxygens (including phenoxy) is 1. The summed E-state index contributed by atoms with van der Waals surface area (Å²) in [6.07, 6.45) is 0.778. The molecule has 5 heteroatoms. The Kier molecular flexibility index (Phi) is 5.64. The molecule has 1 amide bonds. The fourth-order valence-corrected chi connectivity index (χ4v) is 1.30. The van der Waals surface area contributed by atoms with E-state index >= 15 is 0 Å². The van der Waals surface area contributed by atoms with Gasteiger partial charge in [-0.25, -0.2) is 4.79 Å². The molecule has 0 aromatic carbocycles. The van der Waals surface area contributed by atoms with Crippen LogP contribution in [0.5, 0.6) is 0 Å². The highest BCUT2D eigenvalue weighted by molar-refractivity contribution is 5.73. The maximum absolute atomic E-state index is 11.6. The first kappa shape index (κ1) is 16.7. The van der Waals surface area contributed by atoms with Crippen LogP contribution in [0.2, 0.25) is 0 Å². The zero-order chi connectivity index (χ0) is 14.6. The molecule has 18 heavy (non-hydrogen) atoms. The van der Waals surface area contributed by atoms with Gasteiger partial charge in [0.15, 0.2) is 0 Å². The van der Waals surface area contributed by atoms with Crippen LogP contribution in [-0.2, 0) is 9.53 Å². The highest BCUT2D eigenvalue weighted by Crippen LogP contribution is 2.22. The fourth-order valence-electron chi connectivity index (χ4n) is 1.30. The molecule has 0 saturated heterocycles. The molecule has 0 saturated carbocycles. The molecule has 0 aromatic heterocycles. The molecule has 1 N–H and O–H groups in total. The molecule has 106 valence electrons. The first-order chi connectivity index (χ1) is 7.96. The number of carbonyl (C=O) groups is 2. The third kappa shape index (κ3) is 6.47. The lowest BCUT2D eigenvalue weighted by molar-refractivity contribution is -0.147. The van der Waals surface area contributed by atoms with Gasteiger partial charge in [-0.3, -0.25) is 4.79 Å². The Bertz CT molecular complexity index is 305. The molecule has 0 spiro atoms. The molecule has 0 rings (SSSR count).